The van der Waals surface area contributed by atoms with Crippen LogP contribution in [0.2, 0.25) is 0 Å². The molecular weight excluding hydrogens is 313 g/mol. The van der Waals surface area contributed by atoms with Crippen LogP contribution in [0, 0.1) is 24.1 Å². The fourth-order valence-electron chi connectivity index (χ4n) is 1.61. The first-order valence-corrected chi connectivity index (χ1v) is 6.17. The molecule has 5 heteroatoms. The number of nitrogens with zero attached hydrogens (tertiary/aromatic N) is 1. The molecule has 2 aromatic rings. The molecule has 2 aromatic carbocycles. The predicted molar refractivity (Wildman–Crippen MR) is 71.7 cm³/mol. The Morgan fingerprint density at radius 3 is 2.68 bits per heavy atom. The van der Waals surface area contributed by atoms with E-state index >= 15 is 0 Å². The van der Waals surface area contributed by atoms with Crippen molar-refractivity contribution in [3.8, 4) is 23.3 Å². The molecule has 0 amide bonds. The van der Waals surface area contributed by atoms with Crippen molar-refractivity contribution in [2.24, 2.45) is 0 Å². The summed E-state index contributed by atoms with van der Waals surface area (Å²) < 4.78 is 19.4. The molecule has 0 spiro atoms. The fourth-order valence-corrected chi connectivity index (χ4v) is 2.03. The summed E-state index contributed by atoms with van der Waals surface area (Å²) in [6.45, 7) is 1.79. The van der Waals surface area contributed by atoms with Crippen LogP contribution in [-0.4, -0.2) is 5.11 Å². The van der Waals surface area contributed by atoms with Crippen LogP contribution in [0.1, 0.15) is 11.1 Å². The van der Waals surface area contributed by atoms with Crippen molar-refractivity contribution in [1.82, 2.24) is 0 Å². The molecule has 0 heterocycles. The molecule has 3 nitrogen and oxygen atoms in total. The molecule has 0 aromatic heterocycles. The minimum Gasteiger partial charge on any atom is -0.508 e. The van der Waals surface area contributed by atoms with Gasteiger partial charge in [-0.2, -0.15) is 5.26 Å². The summed E-state index contributed by atoms with van der Waals surface area (Å²) in [6.07, 6.45) is 0. The van der Waals surface area contributed by atoms with Crippen molar-refractivity contribution in [2.75, 3.05) is 0 Å². The molecular formula is C14H9BrFNO2. The highest BCUT2D eigenvalue weighted by atomic mass is 79.9. The maximum atomic E-state index is 14.0. The number of phenols is 1. The molecule has 0 bridgehead atoms. The first-order valence-electron chi connectivity index (χ1n) is 5.38. The van der Waals surface area contributed by atoms with Crippen LogP contribution in [0.3, 0.4) is 0 Å². The van der Waals surface area contributed by atoms with Gasteiger partial charge in [0.2, 0.25) is 0 Å². The molecule has 1 N–H and O–H groups in total. The highest BCUT2D eigenvalue weighted by Gasteiger charge is 2.13. The number of aryl methyl sites for hydroxylation is 1. The monoisotopic (exact) mass is 321 g/mol. The Morgan fingerprint density at radius 2 is 2.05 bits per heavy atom. The lowest BCUT2D eigenvalue weighted by atomic mass is 10.2. The third kappa shape index (κ3) is 2.85. The first kappa shape index (κ1) is 13.4. The third-order valence-corrected chi connectivity index (χ3v) is 3.21. The van der Waals surface area contributed by atoms with E-state index in [0.29, 0.717) is 5.75 Å². The minimum atomic E-state index is -0.653. The van der Waals surface area contributed by atoms with Crippen LogP contribution in [0.4, 0.5) is 4.39 Å². The van der Waals surface area contributed by atoms with Gasteiger partial charge in [-0.1, -0.05) is 0 Å². The van der Waals surface area contributed by atoms with Crippen LogP contribution >= 0.6 is 15.9 Å². The number of ether oxygens (including phenoxy) is 1. The van der Waals surface area contributed by atoms with Crippen LogP contribution in [-0.2, 0) is 0 Å². The standard InChI is InChI=1S/C14H9BrFNO2/c1-8-4-10(18)6-11(5-8)19-12-3-2-9(7-17)13(15)14(12)16/h2-6,18H,1H3. The Kier molecular flexibility index (Phi) is 3.72. The summed E-state index contributed by atoms with van der Waals surface area (Å²) >= 11 is 3.01. The number of benzene rings is 2. The SMILES string of the molecule is Cc1cc(O)cc(Oc2ccc(C#N)c(Br)c2F)c1. The summed E-state index contributed by atoms with van der Waals surface area (Å²) in [5, 5.41) is 18.2. The number of aromatic hydroxyl groups is 1. The summed E-state index contributed by atoms with van der Waals surface area (Å²) in [4.78, 5) is 0. The highest BCUT2D eigenvalue weighted by Crippen LogP contribution is 2.32. The van der Waals surface area contributed by atoms with Gasteiger partial charge in [-0.05, 0) is 52.7 Å². The van der Waals surface area contributed by atoms with Gasteiger partial charge in [0, 0.05) is 6.07 Å². The second kappa shape index (κ2) is 5.29. The molecule has 0 saturated heterocycles. The fraction of sp³-hybridized carbons (Fsp3) is 0.0714. The molecule has 0 atom stereocenters. The Morgan fingerprint density at radius 1 is 1.32 bits per heavy atom. The molecule has 96 valence electrons. The molecule has 0 aliphatic heterocycles. The lowest BCUT2D eigenvalue weighted by Gasteiger charge is -2.09. The van der Waals surface area contributed by atoms with Gasteiger partial charge in [-0.25, -0.2) is 4.39 Å². The van der Waals surface area contributed by atoms with E-state index in [1.807, 2.05) is 6.07 Å². The van der Waals surface area contributed by atoms with Crippen LogP contribution in [0.25, 0.3) is 0 Å². The molecule has 2 rings (SSSR count). The van der Waals surface area contributed by atoms with Crippen molar-refractivity contribution in [3.05, 3.63) is 51.7 Å². The normalized spacial score (nSPS) is 10.0. The lowest BCUT2D eigenvalue weighted by Crippen LogP contribution is -1.92. The minimum absolute atomic E-state index is 0.0177. The Balaban J connectivity index is 2.39. The van der Waals surface area contributed by atoms with E-state index in [1.165, 1.54) is 18.2 Å². The summed E-state index contributed by atoms with van der Waals surface area (Å²) in [5.74, 6) is -0.299. The first-order chi connectivity index (χ1) is 9.01. The van der Waals surface area contributed by atoms with E-state index in [9.17, 15) is 9.50 Å². The van der Waals surface area contributed by atoms with Gasteiger partial charge in [0.1, 0.15) is 17.6 Å². The van der Waals surface area contributed by atoms with E-state index in [-0.39, 0.29) is 21.5 Å². The largest absolute Gasteiger partial charge is 0.508 e. The zero-order valence-corrected chi connectivity index (χ0v) is 11.5. The Hall–Kier alpha value is -2.06. The van der Waals surface area contributed by atoms with Crippen molar-refractivity contribution in [2.45, 2.75) is 6.92 Å². The third-order valence-electron chi connectivity index (χ3n) is 2.43. The zero-order valence-electron chi connectivity index (χ0n) is 9.95. The zero-order chi connectivity index (χ0) is 14.0. The van der Waals surface area contributed by atoms with Crippen molar-refractivity contribution >= 4 is 15.9 Å². The number of phenolic OH excluding ortho intramolecular Hbond substituents is 1. The predicted octanol–water partition coefficient (Wildman–Crippen LogP) is 4.27. The molecule has 0 unspecified atom stereocenters. The summed E-state index contributed by atoms with van der Waals surface area (Å²) in [6, 6.07) is 9.32. The van der Waals surface area contributed by atoms with Crippen molar-refractivity contribution in [3.63, 3.8) is 0 Å². The van der Waals surface area contributed by atoms with Gasteiger partial charge in [-0.15, -0.1) is 0 Å². The molecule has 19 heavy (non-hydrogen) atoms. The van der Waals surface area contributed by atoms with E-state index in [4.69, 9.17) is 10.00 Å². The highest BCUT2D eigenvalue weighted by molar-refractivity contribution is 9.10. The quantitative estimate of drug-likeness (QED) is 0.898. The number of nitriles is 1. The summed E-state index contributed by atoms with van der Waals surface area (Å²) in [7, 11) is 0. The number of halogens is 2. The van der Waals surface area contributed by atoms with Gasteiger partial charge >= 0.3 is 0 Å². The number of hydrogen-bond acceptors (Lipinski definition) is 3. The van der Waals surface area contributed by atoms with E-state index in [0.717, 1.165) is 5.56 Å². The number of hydrogen-bond donors (Lipinski definition) is 1. The summed E-state index contributed by atoms with van der Waals surface area (Å²) in [5.41, 5.74) is 0.986. The lowest BCUT2D eigenvalue weighted by molar-refractivity contribution is 0.430. The maximum absolute atomic E-state index is 14.0. The van der Waals surface area contributed by atoms with E-state index in [1.54, 1.807) is 19.1 Å². The van der Waals surface area contributed by atoms with Crippen LogP contribution in [0.15, 0.2) is 34.8 Å². The molecule has 0 aliphatic rings. The van der Waals surface area contributed by atoms with E-state index in [2.05, 4.69) is 15.9 Å². The van der Waals surface area contributed by atoms with Crippen molar-refractivity contribution in [1.29, 1.82) is 5.26 Å². The van der Waals surface area contributed by atoms with Gasteiger partial charge in [0.15, 0.2) is 11.6 Å². The van der Waals surface area contributed by atoms with E-state index < -0.39 is 5.82 Å². The van der Waals surface area contributed by atoms with Crippen molar-refractivity contribution < 1.29 is 14.2 Å². The smallest absolute Gasteiger partial charge is 0.181 e. The maximum Gasteiger partial charge on any atom is 0.181 e. The second-order valence-corrected chi connectivity index (χ2v) is 4.75. The van der Waals surface area contributed by atoms with Crippen LogP contribution in [0.5, 0.6) is 17.2 Å². The molecule has 0 fully saturated rings. The Bertz CT molecular complexity index is 660. The number of rotatable bonds is 2. The Labute approximate surface area is 118 Å². The average molecular weight is 322 g/mol. The van der Waals surface area contributed by atoms with Gasteiger partial charge in [0.05, 0.1) is 10.0 Å². The molecule has 0 aliphatic carbocycles. The van der Waals surface area contributed by atoms with Gasteiger partial charge < -0.3 is 9.84 Å². The van der Waals surface area contributed by atoms with Crippen LogP contribution < -0.4 is 4.74 Å². The molecule has 0 saturated carbocycles. The van der Waals surface area contributed by atoms with Gasteiger partial charge in [0.25, 0.3) is 0 Å². The topological polar surface area (TPSA) is 53.2 Å². The second-order valence-electron chi connectivity index (χ2n) is 3.96. The molecule has 0 radical (unpaired) electrons. The average Bonchev–Trinajstić information content (AvgIpc) is 2.34. The van der Waals surface area contributed by atoms with Gasteiger partial charge in [-0.3, -0.25) is 0 Å².